The van der Waals surface area contributed by atoms with Crippen molar-refractivity contribution < 1.29 is 19.1 Å². The van der Waals surface area contributed by atoms with Gasteiger partial charge in [-0.2, -0.15) is 0 Å². The summed E-state index contributed by atoms with van der Waals surface area (Å²) in [6.07, 6.45) is 1.45. The molecule has 1 N–H and O–H groups in total. The number of nitrogens with one attached hydrogen (secondary N) is 1. The Hall–Kier alpha value is -1.69. The smallest absolute Gasteiger partial charge is 0.408 e. The zero-order chi connectivity index (χ0) is 18.3. The highest BCUT2D eigenvalue weighted by Gasteiger charge is 2.26. The first-order chi connectivity index (χ1) is 11.1. The van der Waals surface area contributed by atoms with Gasteiger partial charge in [-0.15, -0.1) is 11.8 Å². The number of benzene rings is 1. The van der Waals surface area contributed by atoms with Gasteiger partial charge in [-0.3, -0.25) is 0 Å². The molecule has 0 heterocycles. The van der Waals surface area contributed by atoms with Gasteiger partial charge in [0.25, 0.3) is 0 Å². The van der Waals surface area contributed by atoms with Gasteiger partial charge in [-0.1, -0.05) is 12.1 Å². The van der Waals surface area contributed by atoms with Crippen LogP contribution in [0, 0.1) is 0 Å². The van der Waals surface area contributed by atoms with E-state index in [4.69, 9.17) is 9.47 Å². The van der Waals surface area contributed by atoms with Gasteiger partial charge in [-0.25, -0.2) is 9.59 Å². The topological polar surface area (TPSA) is 64.6 Å². The standard InChI is InChI=1S/C18H27NO4S/c1-12(2)22-16(20)15(19-17(21)23-18(3,4)5)11-13-8-7-9-14(10-13)24-6/h7-10,12,15H,11H2,1-6H3,(H,19,21)/t15-/m1/s1. The molecule has 1 aromatic rings. The van der Waals surface area contributed by atoms with Crippen molar-refractivity contribution in [3.8, 4) is 0 Å². The fraction of sp³-hybridized carbons (Fsp3) is 0.556. The Bertz CT molecular complexity index is 566. The number of rotatable bonds is 6. The summed E-state index contributed by atoms with van der Waals surface area (Å²) in [5.74, 6) is -0.467. The molecule has 0 unspecified atom stereocenters. The van der Waals surface area contributed by atoms with Crippen LogP contribution in [0.4, 0.5) is 4.79 Å². The number of alkyl carbamates (subject to hydrolysis) is 1. The lowest BCUT2D eigenvalue weighted by molar-refractivity contribution is -0.149. The Morgan fingerprint density at radius 2 is 1.92 bits per heavy atom. The molecule has 0 aliphatic heterocycles. The Morgan fingerprint density at radius 3 is 2.46 bits per heavy atom. The summed E-state index contributed by atoms with van der Waals surface area (Å²) >= 11 is 1.62. The van der Waals surface area contributed by atoms with Crippen LogP contribution in [0.25, 0.3) is 0 Å². The maximum Gasteiger partial charge on any atom is 0.408 e. The minimum absolute atomic E-state index is 0.252. The molecular weight excluding hydrogens is 326 g/mol. The molecular formula is C18H27NO4S. The van der Waals surface area contributed by atoms with E-state index in [0.29, 0.717) is 6.42 Å². The number of carbonyl (C=O) groups excluding carboxylic acids is 2. The number of carbonyl (C=O) groups is 2. The fourth-order valence-corrected chi connectivity index (χ4v) is 2.48. The monoisotopic (exact) mass is 353 g/mol. The van der Waals surface area contributed by atoms with Crippen LogP contribution in [0.2, 0.25) is 0 Å². The van der Waals surface area contributed by atoms with Crippen molar-refractivity contribution >= 4 is 23.8 Å². The summed E-state index contributed by atoms with van der Waals surface area (Å²) in [4.78, 5) is 25.4. The summed E-state index contributed by atoms with van der Waals surface area (Å²) in [7, 11) is 0. The molecule has 6 heteroatoms. The van der Waals surface area contributed by atoms with Crippen LogP contribution in [0.3, 0.4) is 0 Å². The summed E-state index contributed by atoms with van der Waals surface area (Å²) in [6, 6.07) is 7.05. The second-order valence-electron chi connectivity index (χ2n) is 6.74. The van der Waals surface area contributed by atoms with Crippen molar-refractivity contribution in [1.82, 2.24) is 5.32 Å². The fourth-order valence-electron chi connectivity index (χ4n) is 1.99. The minimum Gasteiger partial charge on any atom is -0.461 e. The van der Waals surface area contributed by atoms with Crippen LogP contribution in [0.1, 0.15) is 40.2 Å². The van der Waals surface area contributed by atoms with Gasteiger partial charge in [0, 0.05) is 11.3 Å². The first-order valence-corrected chi connectivity index (χ1v) is 9.16. The highest BCUT2D eigenvalue weighted by Crippen LogP contribution is 2.17. The van der Waals surface area contributed by atoms with E-state index >= 15 is 0 Å². The zero-order valence-corrected chi connectivity index (χ0v) is 16.0. The Morgan fingerprint density at radius 1 is 1.25 bits per heavy atom. The predicted molar refractivity (Wildman–Crippen MR) is 96.3 cm³/mol. The van der Waals surface area contributed by atoms with Crippen molar-refractivity contribution in [3.05, 3.63) is 29.8 Å². The molecule has 24 heavy (non-hydrogen) atoms. The molecule has 0 saturated carbocycles. The van der Waals surface area contributed by atoms with Crippen molar-refractivity contribution in [3.63, 3.8) is 0 Å². The Balaban J connectivity index is 2.88. The number of hydrogen-bond donors (Lipinski definition) is 1. The molecule has 0 bridgehead atoms. The minimum atomic E-state index is -0.792. The summed E-state index contributed by atoms with van der Waals surface area (Å²) in [5, 5.41) is 2.62. The number of thioether (sulfide) groups is 1. The second kappa shape index (κ2) is 8.97. The van der Waals surface area contributed by atoms with Crippen molar-refractivity contribution in [1.29, 1.82) is 0 Å². The van der Waals surface area contributed by atoms with Crippen molar-refractivity contribution in [2.45, 2.75) is 63.7 Å². The van der Waals surface area contributed by atoms with Crippen LogP contribution in [0.15, 0.2) is 29.2 Å². The second-order valence-corrected chi connectivity index (χ2v) is 7.62. The quantitative estimate of drug-likeness (QED) is 0.622. The summed E-state index contributed by atoms with van der Waals surface area (Å²) < 4.78 is 10.5. The summed E-state index contributed by atoms with van der Waals surface area (Å²) in [5.41, 5.74) is 0.318. The summed E-state index contributed by atoms with van der Waals surface area (Å²) in [6.45, 7) is 8.87. The SMILES string of the molecule is CSc1cccc(C[C@@H](NC(=O)OC(C)(C)C)C(=O)OC(C)C)c1. The van der Waals surface area contributed by atoms with E-state index in [2.05, 4.69) is 5.32 Å². The normalized spacial score (nSPS) is 12.6. The van der Waals surface area contributed by atoms with Crippen LogP contribution in [-0.4, -0.2) is 36.1 Å². The highest BCUT2D eigenvalue weighted by molar-refractivity contribution is 7.98. The molecule has 1 rings (SSSR count). The van der Waals surface area contributed by atoms with E-state index in [1.54, 1.807) is 46.4 Å². The molecule has 0 aromatic heterocycles. The van der Waals surface area contributed by atoms with E-state index in [1.165, 1.54) is 0 Å². The van der Waals surface area contributed by atoms with Crippen LogP contribution in [-0.2, 0) is 20.7 Å². The van der Waals surface area contributed by atoms with E-state index in [0.717, 1.165) is 10.5 Å². The number of hydrogen-bond acceptors (Lipinski definition) is 5. The zero-order valence-electron chi connectivity index (χ0n) is 15.2. The number of ether oxygens (including phenoxy) is 2. The van der Waals surface area contributed by atoms with Gasteiger partial charge in [-0.05, 0) is 58.6 Å². The largest absolute Gasteiger partial charge is 0.461 e. The van der Waals surface area contributed by atoms with E-state index < -0.39 is 23.7 Å². The molecule has 1 aromatic carbocycles. The molecule has 1 atom stereocenters. The average molecular weight is 353 g/mol. The number of amides is 1. The lowest BCUT2D eigenvalue weighted by Gasteiger charge is -2.23. The average Bonchev–Trinajstić information content (AvgIpc) is 2.44. The molecule has 1 amide bonds. The van der Waals surface area contributed by atoms with Gasteiger partial charge >= 0.3 is 12.1 Å². The maximum atomic E-state index is 12.3. The van der Waals surface area contributed by atoms with Crippen LogP contribution >= 0.6 is 11.8 Å². The molecule has 0 aliphatic rings. The maximum absolute atomic E-state index is 12.3. The third kappa shape index (κ3) is 7.73. The molecule has 0 saturated heterocycles. The molecule has 0 radical (unpaired) electrons. The molecule has 0 aliphatic carbocycles. The van der Waals surface area contributed by atoms with Crippen LogP contribution in [0.5, 0.6) is 0 Å². The Labute approximate surface area is 148 Å². The van der Waals surface area contributed by atoms with E-state index in [-0.39, 0.29) is 6.10 Å². The molecule has 0 spiro atoms. The predicted octanol–water partition coefficient (Wildman–Crippen LogP) is 3.80. The third-order valence-corrected chi connectivity index (χ3v) is 3.63. The van der Waals surface area contributed by atoms with Gasteiger partial charge < -0.3 is 14.8 Å². The van der Waals surface area contributed by atoms with Gasteiger partial charge in [0.2, 0.25) is 0 Å². The Kier molecular flexibility index (Phi) is 7.60. The van der Waals surface area contributed by atoms with E-state index in [1.807, 2.05) is 30.5 Å². The highest BCUT2D eigenvalue weighted by atomic mass is 32.2. The first-order valence-electron chi connectivity index (χ1n) is 7.93. The molecule has 0 fully saturated rings. The van der Waals surface area contributed by atoms with Gasteiger partial charge in [0.15, 0.2) is 0 Å². The van der Waals surface area contributed by atoms with Crippen molar-refractivity contribution in [2.24, 2.45) is 0 Å². The lowest BCUT2D eigenvalue weighted by Crippen LogP contribution is -2.46. The van der Waals surface area contributed by atoms with Crippen molar-refractivity contribution in [2.75, 3.05) is 6.26 Å². The van der Waals surface area contributed by atoms with Crippen LogP contribution < -0.4 is 5.32 Å². The molecule has 134 valence electrons. The number of esters is 1. The van der Waals surface area contributed by atoms with Gasteiger partial charge in [0.05, 0.1) is 6.10 Å². The first kappa shape index (κ1) is 20.4. The van der Waals surface area contributed by atoms with Gasteiger partial charge in [0.1, 0.15) is 11.6 Å². The lowest BCUT2D eigenvalue weighted by atomic mass is 10.1. The van der Waals surface area contributed by atoms with E-state index in [9.17, 15) is 9.59 Å². The third-order valence-electron chi connectivity index (χ3n) is 2.90. The molecule has 5 nitrogen and oxygen atoms in total.